The summed E-state index contributed by atoms with van der Waals surface area (Å²) in [6.07, 6.45) is 4.47. The average Bonchev–Trinajstić information content (AvgIpc) is 2.82. The summed E-state index contributed by atoms with van der Waals surface area (Å²) < 4.78 is 6.00. The average molecular weight is 391 g/mol. The van der Waals surface area contributed by atoms with Crippen molar-refractivity contribution >= 4 is 5.91 Å². The van der Waals surface area contributed by atoms with Crippen LogP contribution in [0.4, 0.5) is 0 Å². The van der Waals surface area contributed by atoms with Crippen LogP contribution in [0.2, 0.25) is 0 Å². The molecule has 1 aromatic rings. The van der Waals surface area contributed by atoms with E-state index in [1.807, 2.05) is 18.2 Å². The number of benzene rings is 1. The Labute approximate surface area is 170 Å². The van der Waals surface area contributed by atoms with Crippen molar-refractivity contribution in [3.05, 3.63) is 29.3 Å². The number of ether oxygens (including phenoxy) is 1. The van der Waals surface area contributed by atoms with Gasteiger partial charge in [-0.2, -0.15) is 0 Å². The fourth-order valence-electron chi connectivity index (χ4n) is 4.06. The normalized spacial score (nSPS) is 21.0. The number of rotatable bonds is 8. The molecule has 0 saturated carbocycles. The van der Waals surface area contributed by atoms with Gasteiger partial charge in [0.15, 0.2) is 0 Å². The molecule has 0 unspecified atom stereocenters. The third-order valence-corrected chi connectivity index (χ3v) is 5.83. The summed E-state index contributed by atoms with van der Waals surface area (Å²) in [4.78, 5) is 16.2. The molecule has 5 nitrogen and oxygen atoms in total. The van der Waals surface area contributed by atoms with Crippen molar-refractivity contribution in [2.45, 2.75) is 71.9 Å². The van der Waals surface area contributed by atoms with Crippen LogP contribution in [0, 0.1) is 13.8 Å². The molecule has 1 aromatic carbocycles. The first-order valence-corrected chi connectivity index (χ1v) is 10.7. The van der Waals surface area contributed by atoms with Crippen molar-refractivity contribution in [2.75, 3.05) is 32.8 Å². The molecule has 0 radical (unpaired) electrons. The second-order valence-electron chi connectivity index (χ2n) is 8.40. The molecule has 1 amide bonds. The van der Waals surface area contributed by atoms with E-state index in [0.717, 1.165) is 38.0 Å². The van der Waals surface area contributed by atoms with Crippen LogP contribution in [0.5, 0.6) is 5.75 Å². The van der Waals surface area contributed by atoms with Crippen LogP contribution < -0.4 is 4.74 Å². The fourth-order valence-corrected chi connectivity index (χ4v) is 4.06. The van der Waals surface area contributed by atoms with Gasteiger partial charge in [-0.25, -0.2) is 0 Å². The highest BCUT2D eigenvalue weighted by Crippen LogP contribution is 2.23. The molecule has 1 saturated heterocycles. The summed E-state index contributed by atoms with van der Waals surface area (Å²) in [5.74, 6) is 0.773. The lowest BCUT2D eigenvalue weighted by atomic mass is 10.00. The van der Waals surface area contributed by atoms with Gasteiger partial charge in [-0.1, -0.05) is 32.8 Å². The Hall–Kier alpha value is -1.59. The number of carbonyl (C=O) groups excluding carboxylic acids is 1. The van der Waals surface area contributed by atoms with Crippen molar-refractivity contribution in [3.8, 4) is 5.75 Å². The molecule has 1 fully saturated rings. The molecule has 1 heterocycles. The van der Waals surface area contributed by atoms with Crippen LogP contribution in [0.15, 0.2) is 18.2 Å². The van der Waals surface area contributed by atoms with Crippen molar-refractivity contribution in [3.63, 3.8) is 0 Å². The molecule has 1 N–H and O–H groups in total. The van der Waals surface area contributed by atoms with Gasteiger partial charge < -0.3 is 14.7 Å². The lowest BCUT2D eigenvalue weighted by Crippen LogP contribution is -2.53. The van der Waals surface area contributed by atoms with E-state index in [0.29, 0.717) is 25.7 Å². The third kappa shape index (κ3) is 6.21. The van der Waals surface area contributed by atoms with Crippen LogP contribution >= 0.6 is 0 Å². The first-order chi connectivity index (χ1) is 13.3. The second kappa shape index (κ2) is 10.3. The standard InChI is InChI=1S/C23H38N2O3/c1-6-8-21(9-7-2)25-13-12-24(20(5)26)15-23(27,16-25)17-28-22-11-10-18(3)19(4)14-22/h10-11,14,21,27H,6-9,12-13,15-17H2,1-5H3/t23-/m0/s1. The van der Waals surface area contributed by atoms with E-state index >= 15 is 0 Å². The monoisotopic (exact) mass is 390 g/mol. The van der Waals surface area contributed by atoms with Crippen molar-refractivity contribution < 1.29 is 14.6 Å². The summed E-state index contributed by atoms with van der Waals surface area (Å²) in [6, 6.07) is 6.43. The van der Waals surface area contributed by atoms with E-state index in [-0.39, 0.29) is 12.5 Å². The first-order valence-electron chi connectivity index (χ1n) is 10.7. The van der Waals surface area contributed by atoms with E-state index in [9.17, 15) is 9.90 Å². The van der Waals surface area contributed by atoms with Crippen molar-refractivity contribution in [1.82, 2.24) is 9.80 Å². The predicted octanol–water partition coefficient (Wildman–Crippen LogP) is 3.55. The number of β-amino-alcohol motifs (C(OH)–C–C–N with tert-alkyl or cyclic N) is 1. The number of nitrogens with zero attached hydrogens (tertiary/aromatic N) is 2. The Morgan fingerprint density at radius 2 is 1.82 bits per heavy atom. The highest BCUT2D eigenvalue weighted by Gasteiger charge is 2.38. The summed E-state index contributed by atoms with van der Waals surface area (Å²) in [7, 11) is 0. The third-order valence-electron chi connectivity index (χ3n) is 5.83. The van der Waals surface area contributed by atoms with E-state index in [1.54, 1.807) is 11.8 Å². The van der Waals surface area contributed by atoms with Gasteiger partial charge in [-0.15, -0.1) is 0 Å². The van der Waals surface area contributed by atoms with Crippen molar-refractivity contribution in [2.24, 2.45) is 0 Å². The summed E-state index contributed by atoms with van der Waals surface area (Å²) >= 11 is 0. The van der Waals surface area contributed by atoms with Gasteiger partial charge in [0.25, 0.3) is 0 Å². The lowest BCUT2D eigenvalue weighted by Gasteiger charge is -2.36. The topological polar surface area (TPSA) is 53.0 Å². The minimum Gasteiger partial charge on any atom is -0.490 e. The molecule has 2 rings (SSSR count). The molecular formula is C23H38N2O3. The fraction of sp³-hybridized carbons (Fsp3) is 0.696. The van der Waals surface area contributed by atoms with Gasteiger partial charge in [0.1, 0.15) is 18.0 Å². The van der Waals surface area contributed by atoms with Gasteiger partial charge in [-0.05, 0) is 49.9 Å². The SMILES string of the molecule is CCCC(CCC)N1CCN(C(C)=O)C[C@@](O)(COc2ccc(C)c(C)c2)C1. The van der Waals surface area contributed by atoms with Gasteiger partial charge in [0.2, 0.25) is 5.91 Å². The van der Waals surface area contributed by atoms with E-state index < -0.39 is 5.60 Å². The Morgan fingerprint density at radius 1 is 1.14 bits per heavy atom. The number of amides is 1. The molecule has 0 aliphatic carbocycles. The maximum atomic E-state index is 12.1. The molecule has 158 valence electrons. The minimum absolute atomic E-state index is 0.00832. The van der Waals surface area contributed by atoms with Gasteiger partial charge in [0, 0.05) is 32.6 Å². The van der Waals surface area contributed by atoms with Crippen LogP contribution in [-0.2, 0) is 4.79 Å². The number of aliphatic hydroxyl groups is 1. The van der Waals surface area contributed by atoms with Gasteiger partial charge >= 0.3 is 0 Å². The molecule has 0 spiro atoms. The van der Waals surface area contributed by atoms with Gasteiger partial charge in [0.05, 0.1) is 6.54 Å². The number of hydrogen-bond acceptors (Lipinski definition) is 4. The summed E-state index contributed by atoms with van der Waals surface area (Å²) in [6.45, 7) is 12.6. The lowest BCUT2D eigenvalue weighted by molar-refractivity contribution is -0.132. The Balaban J connectivity index is 2.17. The minimum atomic E-state index is -1.08. The highest BCUT2D eigenvalue weighted by molar-refractivity contribution is 5.73. The maximum absolute atomic E-state index is 12.1. The number of carbonyl (C=O) groups is 1. The molecule has 0 bridgehead atoms. The van der Waals surface area contributed by atoms with Crippen LogP contribution in [-0.4, -0.2) is 65.2 Å². The molecular weight excluding hydrogens is 352 g/mol. The molecule has 0 aromatic heterocycles. The summed E-state index contributed by atoms with van der Waals surface area (Å²) in [5, 5.41) is 11.5. The highest BCUT2D eigenvalue weighted by atomic mass is 16.5. The van der Waals surface area contributed by atoms with E-state index in [2.05, 4.69) is 32.6 Å². The Kier molecular flexibility index (Phi) is 8.32. The Morgan fingerprint density at radius 3 is 2.39 bits per heavy atom. The van der Waals surface area contributed by atoms with E-state index in [1.165, 1.54) is 11.1 Å². The first kappa shape index (κ1) is 22.7. The molecule has 5 heteroatoms. The quantitative estimate of drug-likeness (QED) is 0.738. The zero-order valence-electron chi connectivity index (χ0n) is 18.3. The largest absolute Gasteiger partial charge is 0.490 e. The maximum Gasteiger partial charge on any atom is 0.219 e. The smallest absolute Gasteiger partial charge is 0.219 e. The van der Waals surface area contributed by atoms with E-state index in [4.69, 9.17) is 4.74 Å². The van der Waals surface area contributed by atoms with Gasteiger partial charge in [-0.3, -0.25) is 9.69 Å². The van der Waals surface area contributed by atoms with Crippen molar-refractivity contribution in [1.29, 1.82) is 0 Å². The second-order valence-corrected chi connectivity index (χ2v) is 8.40. The van der Waals surface area contributed by atoms with Crippen LogP contribution in [0.3, 0.4) is 0 Å². The van der Waals surface area contributed by atoms with Crippen LogP contribution in [0.1, 0.15) is 57.6 Å². The van der Waals surface area contributed by atoms with Crippen LogP contribution in [0.25, 0.3) is 0 Å². The predicted molar refractivity (Wildman–Crippen MR) is 114 cm³/mol. The zero-order chi connectivity index (χ0) is 20.7. The Bertz CT molecular complexity index is 643. The summed E-state index contributed by atoms with van der Waals surface area (Å²) in [5.41, 5.74) is 1.31. The molecule has 1 aliphatic heterocycles. The number of hydrogen-bond donors (Lipinski definition) is 1. The molecule has 1 aliphatic rings. The molecule has 1 atom stereocenters. The molecule has 28 heavy (non-hydrogen) atoms. The zero-order valence-corrected chi connectivity index (χ0v) is 18.3. The number of aryl methyl sites for hydroxylation is 2.